The molecule has 308 valence electrons. The van der Waals surface area contributed by atoms with Crippen LogP contribution in [0.25, 0.3) is 0 Å². The lowest BCUT2D eigenvalue weighted by atomic mass is 9.47. The van der Waals surface area contributed by atoms with E-state index in [2.05, 4.69) is 127 Å². The predicted octanol–water partition coefficient (Wildman–Crippen LogP) is 15.8. The lowest BCUT2D eigenvalue weighted by molar-refractivity contribution is -0.151. The Morgan fingerprint density at radius 2 is 1.38 bits per heavy atom. The highest BCUT2D eigenvalue weighted by atomic mass is 16.5. The quantitative estimate of drug-likeness (QED) is 0.0590. The molecule has 0 bridgehead atoms. The first-order valence-electron chi connectivity index (χ1n) is 23.5. The third-order valence-corrected chi connectivity index (χ3v) is 15.0. The summed E-state index contributed by atoms with van der Waals surface area (Å²) in [6.45, 7) is 17.1. The van der Waals surface area contributed by atoms with Crippen LogP contribution < -0.4 is 0 Å². The van der Waals surface area contributed by atoms with E-state index in [1.165, 1.54) is 64.2 Å². The van der Waals surface area contributed by atoms with Gasteiger partial charge in [-0.2, -0.15) is 0 Å². The summed E-state index contributed by atoms with van der Waals surface area (Å²) in [7, 11) is 0. The molecule has 2 nitrogen and oxygen atoms in total. The van der Waals surface area contributed by atoms with E-state index in [0.717, 1.165) is 93.8 Å². The molecule has 4 aliphatic carbocycles. The molecule has 0 saturated heterocycles. The minimum atomic E-state index is 0.0360. The SMILES string of the molecule is CC/C=C\C/C=C\C/C=C\C/C=C\C/C=C\CCCCCCCC(=O)OC1CCC2(C)C(=CCC3C2CCC2(C)C(C(C)/C=C/C(CC)C(C)C)CCC32)C1. The van der Waals surface area contributed by atoms with Gasteiger partial charge in [0, 0.05) is 12.8 Å². The second-order valence-corrected chi connectivity index (χ2v) is 18.9. The van der Waals surface area contributed by atoms with Gasteiger partial charge >= 0.3 is 5.97 Å². The number of ether oxygens (including phenoxy) is 1. The van der Waals surface area contributed by atoms with Crippen molar-refractivity contribution in [3.8, 4) is 0 Å². The largest absolute Gasteiger partial charge is 0.462 e. The van der Waals surface area contributed by atoms with E-state index in [1.807, 2.05) is 0 Å². The number of fused-ring (bicyclic) bond motifs is 5. The normalized spacial score (nSPS) is 30.9. The van der Waals surface area contributed by atoms with Gasteiger partial charge in [0.25, 0.3) is 0 Å². The highest BCUT2D eigenvalue weighted by Crippen LogP contribution is 2.67. The Bertz CT molecular complexity index is 1340. The maximum Gasteiger partial charge on any atom is 0.306 e. The van der Waals surface area contributed by atoms with Crippen LogP contribution in [0.1, 0.15) is 183 Å². The topological polar surface area (TPSA) is 26.3 Å². The van der Waals surface area contributed by atoms with Crippen LogP contribution in [0, 0.1) is 52.3 Å². The first-order chi connectivity index (χ1) is 26.6. The fourth-order valence-electron chi connectivity index (χ4n) is 11.6. The summed E-state index contributed by atoms with van der Waals surface area (Å²) in [5.41, 5.74) is 2.41. The molecule has 0 heterocycles. The summed E-state index contributed by atoms with van der Waals surface area (Å²) in [5, 5.41) is 0. The number of allylic oxidation sites excluding steroid dienone is 13. The van der Waals surface area contributed by atoms with Gasteiger partial charge in [0.05, 0.1) is 0 Å². The first kappa shape index (κ1) is 45.4. The number of carbonyl (C=O) groups excluding carboxylic acids is 1. The van der Waals surface area contributed by atoms with E-state index in [-0.39, 0.29) is 12.1 Å². The van der Waals surface area contributed by atoms with Crippen LogP contribution in [-0.2, 0) is 9.53 Å². The van der Waals surface area contributed by atoms with Crippen molar-refractivity contribution >= 4 is 5.97 Å². The molecule has 4 aliphatic rings. The molecule has 3 saturated carbocycles. The van der Waals surface area contributed by atoms with Gasteiger partial charge in [-0.3, -0.25) is 4.79 Å². The molecule has 9 atom stereocenters. The van der Waals surface area contributed by atoms with Crippen molar-refractivity contribution in [3.05, 3.63) is 84.6 Å². The van der Waals surface area contributed by atoms with Crippen LogP contribution in [0.15, 0.2) is 84.6 Å². The number of hydrogen-bond donors (Lipinski definition) is 0. The highest BCUT2D eigenvalue weighted by molar-refractivity contribution is 5.69. The molecule has 0 aromatic rings. The lowest BCUT2D eigenvalue weighted by Crippen LogP contribution is -2.51. The van der Waals surface area contributed by atoms with E-state index in [4.69, 9.17) is 4.74 Å². The molecule has 0 amide bonds. The van der Waals surface area contributed by atoms with Gasteiger partial charge in [0.2, 0.25) is 0 Å². The standard InChI is InChI=1S/C53H84O2/c1-8-10-11-12-13-14-15-16-17-18-19-20-21-22-23-24-25-26-27-28-29-30-51(54)55-46-37-39-52(6)45(41-46)33-34-47-49-36-35-48(53(49,7)40-38-50(47)52)43(5)31-32-44(9-2)42(3)4/h10-11,13-14,16-17,19-20,22-23,31-33,42-44,46-50H,8-9,12,15,18,21,24-30,34-41H2,1-7H3/b11-10-,14-13-,17-16-,20-19-,23-22-,32-31+. The van der Waals surface area contributed by atoms with Gasteiger partial charge in [-0.15, -0.1) is 0 Å². The molecule has 0 spiro atoms. The average molecular weight is 753 g/mol. The summed E-state index contributed by atoms with van der Waals surface area (Å²) in [4.78, 5) is 12.9. The van der Waals surface area contributed by atoms with Gasteiger partial charge in [-0.25, -0.2) is 0 Å². The van der Waals surface area contributed by atoms with E-state index in [0.29, 0.717) is 29.1 Å². The Morgan fingerprint density at radius 1 is 0.745 bits per heavy atom. The van der Waals surface area contributed by atoms with Crippen molar-refractivity contribution in [1.29, 1.82) is 0 Å². The van der Waals surface area contributed by atoms with E-state index in [1.54, 1.807) is 5.57 Å². The Hall–Kier alpha value is -2.35. The van der Waals surface area contributed by atoms with Gasteiger partial charge in [0.1, 0.15) is 6.10 Å². The smallest absolute Gasteiger partial charge is 0.306 e. The number of carbonyl (C=O) groups is 1. The molecule has 0 aliphatic heterocycles. The first-order valence-corrected chi connectivity index (χ1v) is 23.5. The Morgan fingerprint density at radius 3 is 2.04 bits per heavy atom. The summed E-state index contributed by atoms with van der Waals surface area (Å²) >= 11 is 0. The summed E-state index contributed by atoms with van der Waals surface area (Å²) in [5.74, 6) is 5.47. The van der Waals surface area contributed by atoms with Crippen LogP contribution in [-0.4, -0.2) is 12.1 Å². The van der Waals surface area contributed by atoms with Crippen molar-refractivity contribution in [2.75, 3.05) is 0 Å². The van der Waals surface area contributed by atoms with Crippen molar-refractivity contribution in [3.63, 3.8) is 0 Å². The van der Waals surface area contributed by atoms with Crippen LogP contribution in [0.2, 0.25) is 0 Å². The molecular weight excluding hydrogens is 669 g/mol. The summed E-state index contributed by atoms with van der Waals surface area (Å²) < 4.78 is 6.14. The molecule has 0 aromatic carbocycles. The number of hydrogen-bond acceptors (Lipinski definition) is 2. The van der Waals surface area contributed by atoms with Crippen LogP contribution >= 0.6 is 0 Å². The number of rotatable bonds is 23. The molecule has 55 heavy (non-hydrogen) atoms. The fourth-order valence-corrected chi connectivity index (χ4v) is 11.6. The Balaban J connectivity index is 1.08. The second kappa shape index (κ2) is 23.8. The molecule has 0 N–H and O–H groups in total. The van der Waals surface area contributed by atoms with Crippen molar-refractivity contribution in [1.82, 2.24) is 0 Å². The van der Waals surface area contributed by atoms with Gasteiger partial charge < -0.3 is 4.74 Å². The van der Waals surface area contributed by atoms with Gasteiger partial charge in [-0.1, -0.05) is 152 Å². The van der Waals surface area contributed by atoms with Gasteiger partial charge in [0.15, 0.2) is 0 Å². The second-order valence-electron chi connectivity index (χ2n) is 18.9. The summed E-state index contributed by atoms with van der Waals surface area (Å²) in [6, 6.07) is 0. The molecule has 4 rings (SSSR count). The van der Waals surface area contributed by atoms with Crippen LogP contribution in [0.4, 0.5) is 0 Å². The fraction of sp³-hybridized carbons (Fsp3) is 0.717. The highest BCUT2D eigenvalue weighted by Gasteiger charge is 2.59. The minimum absolute atomic E-state index is 0.0360. The maximum absolute atomic E-state index is 12.9. The van der Waals surface area contributed by atoms with E-state index < -0.39 is 0 Å². The maximum atomic E-state index is 12.9. The Kier molecular flexibility index (Phi) is 19.6. The zero-order valence-electron chi connectivity index (χ0n) is 36.8. The van der Waals surface area contributed by atoms with Crippen molar-refractivity contribution in [2.45, 2.75) is 189 Å². The molecule has 9 unspecified atom stereocenters. The molecule has 0 radical (unpaired) electrons. The third-order valence-electron chi connectivity index (χ3n) is 15.0. The molecule has 2 heteroatoms. The predicted molar refractivity (Wildman–Crippen MR) is 239 cm³/mol. The van der Waals surface area contributed by atoms with Crippen LogP contribution in [0.5, 0.6) is 0 Å². The molecule has 0 aromatic heterocycles. The third kappa shape index (κ3) is 13.4. The zero-order valence-corrected chi connectivity index (χ0v) is 36.8. The van der Waals surface area contributed by atoms with E-state index in [9.17, 15) is 4.79 Å². The number of unbranched alkanes of at least 4 members (excludes halogenated alkanes) is 5. The van der Waals surface area contributed by atoms with Crippen molar-refractivity contribution < 1.29 is 9.53 Å². The summed E-state index contributed by atoms with van der Waals surface area (Å²) in [6.07, 6.45) is 54.5. The van der Waals surface area contributed by atoms with Crippen molar-refractivity contribution in [2.24, 2.45) is 52.3 Å². The van der Waals surface area contributed by atoms with E-state index >= 15 is 0 Å². The zero-order chi connectivity index (χ0) is 39.5. The monoisotopic (exact) mass is 753 g/mol. The number of esters is 1. The molecular formula is C53H84O2. The van der Waals surface area contributed by atoms with Gasteiger partial charge in [-0.05, 0) is 155 Å². The van der Waals surface area contributed by atoms with Crippen LogP contribution in [0.3, 0.4) is 0 Å². The minimum Gasteiger partial charge on any atom is -0.462 e. The Labute approximate surface area is 340 Å². The average Bonchev–Trinajstić information content (AvgIpc) is 3.53. The lowest BCUT2D eigenvalue weighted by Gasteiger charge is -2.58. The molecule has 3 fully saturated rings.